The molecule has 0 radical (unpaired) electrons. The molecular formula is C28H39N7O3. The predicted octanol–water partition coefficient (Wildman–Crippen LogP) is 3.58. The van der Waals surface area contributed by atoms with E-state index in [2.05, 4.69) is 55.6 Å². The molecule has 3 fully saturated rings. The van der Waals surface area contributed by atoms with Gasteiger partial charge in [0, 0.05) is 13.1 Å². The van der Waals surface area contributed by atoms with Gasteiger partial charge in [0.25, 0.3) is 5.91 Å². The highest BCUT2D eigenvalue weighted by Crippen LogP contribution is 2.65. The minimum absolute atomic E-state index is 0.103. The van der Waals surface area contributed by atoms with Crippen molar-refractivity contribution in [3.8, 4) is 0 Å². The summed E-state index contributed by atoms with van der Waals surface area (Å²) in [6.45, 7) is 5.63. The maximum absolute atomic E-state index is 12.2. The molecule has 1 amide bonds. The highest BCUT2D eigenvalue weighted by Gasteiger charge is 2.58. The van der Waals surface area contributed by atoms with Crippen molar-refractivity contribution in [2.75, 3.05) is 25.0 Å². The lowest BCUT2D eigenvalue weighted by molar-refractivity contribution is -0.125. The Kier molecular flexibility index (Phi) is 6.62. The van der Waals surface area contributed by atoms with Gasteiger partial charge in [-0.25, -0.2) is 15.0 Å². The number of hydrogen-bond acceptors (Lipinski definition) is 8. The van der Waals surface area contributed by atoms with E-state index in [1.807, 2.05) is 0 Å². The van der Waals surface area contributed by atoms with Crippen LogP contribution < -0.4 is 10.6 Å². The molecule has 0 aliphatic heterocycles. The van der Waals surface area contributed by atoms with Gasteiger partial charge in [-0.1, -0.05) is 24.6 Å². The van der Waals surface area contributed by atoms with Gasteiger partial charge in [0.1, 0.15) is 11.8 Å². The first kappa shape index (κ1) is 25.3. The van der Waals surface area contributed by atoms with E-state index in [4.69, 9.17) is 4.84 Å². The number of aliphatic hydroxyl groups is 1. The van der Waals surface area contributed by atoms with Gasteiger partial charge in [-0.05, 0) is 86.0 Å². The number of oxime groups is 1. The number of aromatic amines is 1. The Bertz CT molecular complexity index is 1260. The molecular weight excluding hydrogens is 482 g/mol. The molecule has 2 heterocycles. The van der Waals surface area contributed by atoms with Crippen LogP contribution in [0.25, 0.3) is 11.2 Å². The number of rotatable bonds is 7. The molecule has 6 rings (SSSR count). The second-order valence-corrected chi connectivity index (χ2v) is 12.1. The van der Waals surface area contributed by atoms with Crippen molar-refractivity contribution in [1.82, 2.24) is 25.3 Å². The number of fused-ring (bicyclic) bond motifs is 6. The zero-order valence-electron chi connectivity index (χ0n) is 22.4. The van der Waals surface area contributed by atoms with Gasteiger partial charge < -0.3 is 25.6 Å². The number of nitrogens with zero attached hydrogens (tertiary/aromatic N) is 4. The Balaban J connectivity index is 0.988. The number of amides is 1. The summed E-state index contributed by atoms with van der Waals surface area (Å²) in [4.78, 5) is 33.1. The van der Waals surface area contributed by atoms with Crippen LogP contribution in [0.15, 0.2) is 29.5 Å². The SMILES string of the molecule is C[C@]12CC/C(=N\OCC(=O)NCCNc3ncnc4[nH]cnc34)C=C1CCC1C2CC[C@@]2(C)C1CC[C@@H]2O. The summed E-state index contributed by atoms with van der Waals surface area (Å²) in [5, 5.41) is 21.0. The first-order valence-electron chi connectivity index (χ1n) is 14.1. The first-order chi connectivity index (χ1) is 18.4. The molecule has 2 aromatic rings. The summed E-state index contributed by atoms with van der Waals surface area (Å²) in [6, 6.07) is 0. The number of imidazole rings is 1. The smallest absolute Gasteiger partial charge is 0.260 e. The second kappa shape index (κ2) is 9.94. The Labute approximate surface area is 223 Å². The average molecular weight is 522 g/mol. The highest BCUT2D eigenvalue weighted by atomic mass is 16.6. The van der Waals surface area contributed by atoms with Gasteiger partial charge in [0.2, 0.25) is 0 Å². The standard InChI is InChI=1S/C28H39N7O3/c1-27-9-7-18(13-17(27)3-4-19-20-5-6-22(36)28(20,2)10-8-21(19)27)35-38-14-23(37)29-11-12-30-25-24-26(32-15-31-24)34-16-33-25/h13,15-16,19-22,36H,3-12,14H2,1-2H3,(H,29,37)(H2,30,31,32,33,34)/b35-18+/t19?,20?,21?,22-,27-,28-/m0/s1. The molecule has 3 saturated carbocycles. The van der Waals surface area contributed by atoms with Crippen LogP contribution in [0.4, 0.5) is 5.82 Å². The highest BCUT2D eigenvalue weighted by molar-refractivity contribution is 5.96. The molecule has 0 saturated heterocycles. The number of hydrogen-bond donors (Lipinski definition) is 4. The molecule has 38 heavy (non-hydrogen) atoms. The van der Waals surface area contributed by atoms with Crippen LogP contribution >= 0.6 is 0 Å². The third-order valence-electron chi connectivity index (χ3n) is 10.3. The van der Waals surface area contributed by atoms with Gasteiger partial charge in [-0.2, -0.15) is 0 Å². The summed E-state index contributed by atoms with van der Waals surface area (Å²) in [5.74, 6) is 2.50. The summed E-state index contributed by atoms with van der Waals surface area (Å²) < 4.78 is 0. The Morgan fingerprint density at radius 3 is 2.92 bits per heavy atom. The maximum atomic E-state index is 12.2. The van der Waals surface area contributed by atoms with Gasteiger partial charge >= 0.3 is 0 Å². The van der Waals surface area contributed by atoms with Crippen molar-refractivity contribution in [3.63, 3.8) is 0 Å². The van der Waals surface area contributed by atoms with Gasteiger partial charge in [-0.15, -0.1) is 0 Å². The topological polar surface area (TPSA) is 137 Å². The largest absolute Gasteiger partial charge is 0.393 e. The molecule has 4 aliphatic rings. The lowest BCUT2D eigenvalue weighted by Gasteiger charge is -2.57. The van der Waals surface area contributed by atoms with Crippen molar-refractivity contribution >= 4 is 28.6 Å². The van der Waals surface area contributed by atoms with Gasteiger partial charge in [0.05, 0.1) is 18.1 Å². The predicted molar refractivity (Wildman–Crippen MR) is 144 cm³/mol. The molecule has 10 nitrogen and oxygen atoms in total. The van der Waals surface area contributed by atoms with Crippen molar-refractivity contribution in [1.29, 1.82) is 0 Å². The molecule has 6 atom stereocenters. The maximum Gasteiger partial charge on any atom is 0.260 e. The van der Waals surface area contributed by atoms with Crippen molar-refractivity contribution in [2.45, 2.75) is 71.3 Å². The number of allylic oxidation sites excluding steroid dienone is 2. The Morgan fingerprint density at radius 2 is 2.03 bits per heavy atom. The number of aliphatic hydroxyl groups excluding tert-OH is 1. The zero-order valence-corrected chi connectivity index (χ0v) is 22.4. The van der Waals surface area contributed by atoms with E-state index in [0.717, 1.165) is 43.7 Å². The van der Waals surface area contributed by atoms with Crippen LogP contribution in [0.2, 0.25) is 0 Å². The van der Waals surface area contributed by atoms with Crippen molar-refractivity contribution < 1.29 is 14.7 Å². The monoisotopic (exact) mass is 521 g/mol. The molecule has 10 heteroatoms. The molecule has 4 aliphatic carbocycles. The van der Waals surface area contributed by atoms with Crippen LogP contribution in [-0.4, -0.2) is 62.5 Å². The van der Waals surface area contributed by atoms with Gasteiger partial charge in [-0.3, -0.25) is 4.79 Å². The third-order valence-corrected chi connectivity index (χ3v) is 10.3. The fraction of sp³-hybridized carbons (Fsp3) is 0.679. The molecule has 0 aromatic carbocycles. The first-order valence-corrected chi connectivity index (χ1v) is 14.1. The number of carbonyl (C=O) groups excluding carboxylic acids is 1. The second-order valence-electron chi connectivity index (χ2n) is 12.1. The van der Waals surface area contributed by atoms with Crippen LogP contribution in [0.1, 0.15) is 65.2 Å². The third kappa shape index (κ3) is 4.36. The molecule has 0 bridgehead atoms. The quantitative estimate of drug-likeness (QED) is 0.323. The summed E-state index contributed by atoms with van der Waals surface area (Å²) >= 11 is 0. The van der Waals surface area contributed by atoms with E-state index in [0.29, 0.717) is 41.9 Å². The lowest BCUT2D eigenvalue weighted by Crippen LogP contribution is -2.51. The van der Waals surface area contributed by atoms with Crippen LogP contribution in [0, 0.1) is 28.6 Å². The number of anilines is 1. The molecule has 4 N–H and O–H groups in total. The summed E-state index contributed by atoms with van der Waals surface area (Å²) in [6.07, 6.45) is 13.9. The molecule has 3 unspecified atom stereocenters. The fourth-order valence-corrected chi connectivity index (χ4v) is 8.12. The van der Waals surface area contributed by atoms with E-state index in [-0.39, 0.29) is 29.4 Å². The number of aromatic nitrogens is 4. The minimum atomic E-state index is -0.207. The Morgan fingerprint density at radius 1 is 1.13 bits per heavy atom. The Hall–Kier alpha value is -3.01. The average Bonchev–Trinajstić information content (AvgIpc) is 3.51. The normalized spacial score (nSPS) is 35.2. The molecule has 204 valence electrons. The van der Waals surface area contributed by atoms with E-state index in [9.17, 15) is 9.90 Å². The lowest BCUT2D eigenvalue weighted by atomic mass is 9.47. The van der Waals surface area contributed by atoms with Gasteiger partial charge in [0.15, 0.2) is 18.1 Å². The van der Waals surface area contributed by atoms with Crippen LogP contribution in [0.3, 0.4) is 0 Å². The van der Waals surface area contributed by atoms with E-state index >= 15 is 0 Å². The number of carbonyl (C=O) groups is 1. The van der Waals surface area contributed by atoms with E-state index < -0.39 is 0 Å². The summed E-state index contributed by atoms with van der Waals surface area (Å²) in [5.41, 5.74) is 4.11. The minimum Gasteiger partial charge on any atom is -0.393 e. The van der Waals surface area contributed by atoms with Crippen molar-refractivity contribution in [3.05, 3.63) is 24.3 Å². The number of H-pyrrole nitrogens is 1. The van der Waals surface area contributed by atoms with Crippen LogP contribution in [0.5, 0.6) is 0 Å². The molecule has 0 spiro atoms. The summed E-state index contributed by atoms with van der Waals surface area (Å²) in [7, 11) is 0. The van der Waals surface area contributed by atoms with E-state index in [1.165, 1.54) is 31.2 Å². The van der Waals surface area contributed by atoms with Crippen LogP contribution in [-0.2, 0) is 9.63 Å². The van der Waals surface area contributed by atoms with Crippen molar-refractivity contribution in [2.24, 2.45) is 33.7 Å². The number of nitrogens with one attached hydrogen (secondary N) is 3. The van der Waals surface area contributed by atoms with E-state index in [1.54, 1.807) is 6.33 Å². The fourth-order valence-electron chi connectivity index (χ4n) is 8.12. The molecule has 2 aromatic heterocycles. The zero-order chi connectivity index (χ0) is 26.3.